The van der Waals surface area contributed by atoms with Gasteiger partial charge in [0.25, 0.3) is 0 Å². The van der Waals surface area contributed by atoms with E-state index >= 15 is 0 Å². The lowest BCUT2D eigenvalue weighted by atomic mass is 10.2. The maximum absolute atomic E-state index is 13.3. The Bertz CT molecular complexity index is 288. The lowest BCUT2D eigenvalue weighted by Crippen LogP contribution is -2.43. The number of rotatable bonds is 5. The van der Waals surface area contributed by atoms with Gasteiger partial charge in [-0.1, -0.05) is 31.9 Å². The summed E-state index contributed by atoms with van der Waals surface area (Å²) in [5, 5.41) is 1.62. The largest absolute Gasteiger partial charge is 0.346 e. The molecule has 0 unspecified atom stereocenters. The van der Waals surface area contributed by atoms with Crippen LogP contribution < -0.4 is 0 Å². The van der Waals surface area contributed by atoms with Crippen molar-refractivity contribution < 1.29 is 9.09 Å². The van der Waals surface area contributed by atoms with Crippen LogP contribution in [-0.2, 0) is 9.09 Å². The van der Waals surface area contributed by atoms with Crippen molar-refractivity contribution in [2.75, 3.05) is 36.8 Å². The Kier molecular flexibility index (Phi) is 6.84. The zero-order valence-corrected chi connectivity index (χ0v) is 15.4. The molecule has 0 atom stereocenters. The predicted molar refractivity (Wildman–Crippen MR) is 83.8 cm³/mol. The standard InChI is InChI=1S/C11H23Br2N2O2P/c1-11(2,3)17-18(16)14(9-5-12)7-4-8-15(18)10-6-13/h4-10H2,1-3H3. The van der Waals surface area contributed by atoms with Gasteiger partial charge in [0.1, 0.15) is 0 Å². The molecule has 0 aromatic carbocycles. The van der Waals surface area contributed by atoms with E-state index in [-0.39, 0.29) is 0 Å². The molecule has 4 nitrogen and oxygen atoms in total. The summed E-state index contributed by atoms with van der Waals surface area (Å²) in [6.07, 6.45) is 1.04. The summed E-state index contributed by atoms with van der Waals surface area (Å²) in [5.74, 6) is 0. The maximum Gasteiger partial charge on any atom is 0.346 e. The minimum Gasteiger partial charge on any atom is -0.300 e. The first kappa shape index (κ1) is 17.1. The Balaban J connectivity index is 2.94. The molecule has 1 heterocycles. The molecule has 1 aliphatic heterocycles. The van der Waals surface area contributed by atoms with Crippen LogP contribution in [0.4, 0.5) is 0 Å². The molecule has 1 aliphatic rings. The summed E-state index contributed by atoms with van der Waals surface area (Å²) < 4.78 is 23.2. The van der Waals surface area contributed by atoms with Crippen LogP contribution in [0, 0.1) is 0 Å². The Morgan fingerprint density at radius 2 is 1.56 bits per heavy atom. The Morgan fingerprint density at radius 1 is 1.11 bits per heavy atom. The van der Waals surface area contributed by atoms with Gasteiger partial charge in [-0.25, -0.2) is 9.34 Å². The van der Waals surface area contributed by atoms with E-state index in [1.807, 2.05) is 30.1 Å². The Morgan fingerprint density at radius 3 is 1.89 bits per heavy atom. The van der Waals surface area contributed by atoms with Crippen molar-refractivity contribution in [2.24, 2.45) is 0 Å². The average Bonchev–Trinajstić information content (AvgIpc) is 2.22. The number of halogens is 2. The average molecular weight is 406 g/mol. The zero-order chi connectivity index (χ0) is 13.8. The molecule has 18 heavy (non-hydrogen) atoms. The highest BCUT2D eigenvalue weighted by Gasteiger charge is 2.43. The normalized spacial score (nSPS) is 22.3. The summed E-state index contributed by atoms with van der Waals surface area (Å²) in [7, 11) is -2.88. The Labute approximate surface area is 127 Å². The molecular weight excluding hydrogens is 383 g/mol. The quantitative estimate of drug-likeness (QED) is 0.515. The third-order valence-corrected chi connectivity index (χ3v) is 6.35. The van der Waals surface area contributed by atoms with E-state index in [4.69, 9.17) is 4.52 Å². The van der Waals surface area contributed by atoms with E-state index in [0.29, 0.717) is 0 Å². The van der Waals surface area contributed by atoms with Crippen LogP contribution >= 0.6 is 39.5 Å². The molecule has 0 aliphatic carbocycles. The van der Waals surface area contributed by atoms with Crippen LogP contribution in [0.25, 0.3) is 0 Å². The summed E-state index contributed by atoms with van der Waals surface area (Å²) in [6, 6.07) is 0. The fourth-order valence-corrected chi connectivity index (χ4v) is 6.21. The van der Waals surface area contributed by atoms with Gasteiger partial charge in [0.2, 0.25) is 0 Å². The summed E-state index contributed by atoms with van der Waals surface area (Å²) >= 11 is 6.86. The topological polar surface area (TPSA) is 32.8 Å². The van der Waals surface area contributed by atoms with Crippen LogP contribution in [0.15, 0.2) is 0 Å². The van der Waals surface area contributed by atoms with Gasteiger partial charge in [0.15, 0.2) is 0 Å². The van der Waals surface area contributed by atoms with E-state index in [1.54, 1.807) is 0 Å². The van der Waals surface area contributed by atoms with Crippen molar-refractivity contribution in [2.45, 2.75) is 32.8 Å². The lowest BCUT2D eigenvalue weighted by Gasteiger charge is -2.44. The van der Waals surface area contributed by atoms with Crippen LogP contribution in [0.5, 0.6) is 0 Å². The van der Waals surface area contributed by atoms with Gasteiger partial charge in [-0.2, -0.15) is 0 Å². The smallest absolute Gasteiger partial charge is 0.300 e. The number of nitrogens with zero attached hydrogens (tertiary/aromatic N) is 2. The minimum atomic E-state index is -2.88. The third kappa shape index (κ3) is 4.57. The second-order valence-corrected chi connectivity index (χ2v) is 9.21. The molecular formula is C11H23Br2N2O2P. The molecule has 0 amide bonds. The van der Waals surface area contributed by atoms with Gasteiger partial charge in [-0.15, -0.1) is 0 Å². The fourth-order valence-electron chi connectivity index (χ4n) is 2.01. The van der Waals surface area contributed by atoms with Crippen molar-refractivity contribution in [3.8, 4) is 0 Å². The van der Waals surface area contributed by atoms with Gasteiger partial charge in [-0.05, 0) is 27.2 Å². The molecule has 1 fully saturated rings. The van der Waals surface area contributed by atoms with E-state index in [2.05, 4.69) is 31.9 Å². The monoisotopic (exact) mass is 404 g/mol. The summed E-state index contributed by atoms with van der Waals surface area (Å²) in [5.41, 5.74) is -0.401. The first-order valence-corrected chi connectivity index (χ1v) is 10.0. The zero-order valence-electron chi connectivity index (χ0n) is 11.4. The van der Waals surface area contributed by atoms with Gasteiger partial charge in [0, 0.05) is 36.8 Å². The fraction of sp³-hybridized carbons (Fsp3) is 1.00. The van der Waals surface area contributed by atoms with Crippen molar-refractivity contribution >= 4 is 39.5 Å². The van der Waals surface area contributed by atoms with E-state index < -0.39 is 13.3 Å². The molecule has 0 aromatic rings. The maximum atomic E-state index is 13.3. The first-order chi connectivity index (χ1) is 8.33. The molecule has 0 bridgehead atoms. The van der Waals surface area contributed by atoms with Gasteiger partial charge in [-0.3, -0.25) is 4.57 Å². The third-order valence-electron chi connectivity index (χ3n) is 2.63. The van der Waals surface area contributed by atoms with Crippen LogP contribution in [0.2, 0.25) is 0 Å². The minimum absolute atomic E-state index is 0.401. The predicted octanol–water partition coefficient (Wildman–Crippen LogP) is 3.71. The van der Waals surface area contributed by atoms with Gasteiger partial charge >= 0.3 is 7.67 Å². The lowest BCUT2D eigenvalue weighted by molar-refractivity contribution is 0.0849. The summed E-state index contributed by atoms with van der Waals surface area (Å²) in [4.78, 5) is 0. The van der Waals surface area contributed by atoms with Crippen molar-refractivity contribution in [1.82, 2.24) is 9.34 Å². The molecule has 108 valence electrons. The first-order valence-electron chi connectivity index (χ1n) is 6.27. The van der Waals surface area contributed by atoms with Gasteiger partial charge in [0.05, 0.1) is 5.60 Å². The second kappa shape index (κ2) is 7.19. The number of hydrogen-bond donors (Lipinski definition) is 0. The molecule has 0 spiro atoms. The Hall–Kier alpha value is 1.07. The molecule has 7 heteroatoms. The van der Waals surface area contributed by atoms with E-state index in [0.717, 1.165) is 43.3 Å². The highest BCUT2D eigenvalue weighted by molar-refractivity contribution is 9.09. The summed E-state index contributed by atoms with van der Waals surface area (Å²) in [6.45, 7) is 9.08. The number of hydrogen-bond acceptors (Lipinski definition) is 2. The molecule has 1 saturated heterocycles. The van der Waals surface area contributed by atoms with Crippen molar-refractivity contribution in [1.29, 1.82) is 0 Å². The van der Waals surface area contributed by atoms with Gasteiger partial charge < -0.3 is 4.52 Å². The SMILES string of the molecule is CC(C)(C)OP1(=O)N(CCBr)CCCN1CCBr. The van der Waals surface area contributed by atoms with Crippen molar-refractivity contribution in [3.05, 3.63) is 0 Å². The van der Waals surface area contributed by atoms with Crippen LogP contribution in [0.1, 0.15) is 27.2 Å². The molecule has 0 aromatic heterocycles. The van der Waals surface area contributed by atoms with Crippen molar-refractivity contribution in [3.63, 3.8) is 0 Å². The second-order valence-electron chi connectivity index (χ2n) is 5.33. The van der Waals surface area contributed by atoms with E-state index in [9.17, 15) is 4.57 Å². The molecule has 1 rings (SSSR count). The van der Waals surface area contributed by atoms with E-state index in [1.165, 1.54) is 0 Å². The highest BCUT2D eigenvalue weighted by Crippen LogP contribution is 2.58. The van der Waals surface area contributed by atoms with Crippen LogP contribution in [0.3, 0.4) is 0 Å². The molecule has 0 saturated carbocycles. The highest BCUT2D eigenvalue weighted by atomic mass is 79.9. The number of alkyl halides is 2. The molecule has 0 N–H and O–H groups in total. The van der Waals surface area contributed by atoms with Crippen LogP contribution in [-0.4, -0.2) is 51.8 Å². The molecule has 0 radical (unpaired) electrons.